The molecular weight excluding hydrogens is 376 g/mol. The van der Waals surface area contributed by atoms with Crippen LogP contribution < -0.4 is 5.32 Å². The third-order valence-corrected chi connectivity index (χ3v) is 4.70. The van der Waals surface area contributed by atoms with Crippen LogP contribution in [0.5, 0.6) is 0 Å². The first-order chi connectivity index (χ1) is 11.0. The molecule has 0 aliphatic carbocycles. The predicted octanol–water partition coefficient (Wildman–Crippen LogP) is 3.30. The van der Waals surface area contributed by atoms with E-state index in [4.69, 9.17) is 0 Å². The highest BCUT2D eigenvalue weighted by Crippen LogP contribution is 2.22. The number of rotatable bonds is 6. The molecule has 0 unspecified atom stereocenters. The molecule has 0 fully saturated rings. The fourth-order valence-electron chi connectivity index (χ4n) is 1.85. The molecule has 1 aromatic heterocycles. The molecule has 0 saturated carbocycles. The number of hydrogen-bond donors (Lipinski definition) is 1. The van der Waals surface area contributed by atoms with E-state index in [0.29, 0.717) is 6.54 Å². The summed E-state index contributed by atoms with van der Waals surface area (Å²) in [5.41, 5.74) is 0.939. The lowest BCUT2D eigenvalue weighted by Crippen LogP contribution is -2.37. The second-order valence-corrected chi connectivity index (χ2v) is 7.47. The van der Waals surface area contributed by atoms with E-state index in [1.165, 1.54) is 6.08 Å². The van der Waals surface area contributed by atoms with Crippen LogP contribution in [-0.2, 0) is 16.1 Å². The van der Waals surface area contributed by atoms with E-state index in [9.17, 15) is 9.59 Å². The van der Waals surface area contributed by atoms with Crippen molar-refractivity contribution in [2.75, 3.05) is 13.6 Å². The summed E-state index contributed by atoms with van der Waals surface area (Å²) in [5.74, 6) is -0.412. The number of thiophene rings is 1. The lowest BCUT2D eigenvalue weighted by molar-refractivity contribution is -0.131. The van der Waals surface area contributed by atoms with Crippen LogP contribution in [0.3, 0.4) is 0 Å². The van der Waals surface area contributed by atoms with Gasteiger partial charge in [-0.25, -0.2) is 0 Å². The number of benzene rings is 1. The molecule has 0 aliphatic heterocycles. The highest BCUT2D eigenvalue weighted by Gasteiger charge is 2.11. The van der Waals surface area contributed by atoms with Crippen molar-refractivity contribution in [3.63, 3.8) is 0 Å². The minimum Gasteiger partial charge on any atom is -0.343 e. The molecule has 1 aromatic carbocycles. The maximum Gasteiger partial charge on any atom is 0.244 e. The molecule has 0 saturated heterocycles. The third kappa shape index (κ3) is 6.00. The molecule has 0 radical (unpaired) electrons. The van der Waals surface area contributed by atoms with Gasteiger partial charge in [0.2, 0.25) is 11.8 Å². The first-order valence-electron chi connectivity index (χ1n) is 7.04. The zero-order chi connectivity index (χ0) is 16.7. The SMILES string of the molecule is CN(Cc1ccc(Br)s1)C(=O)CNC(=O)/C=C/c1ccccc1. The van der Waals surface area contributed by atoms with Crippen molar-refractivity contribution in [3.05, 3.63) is 62.8 Å². The molecule has 1 heterocycles. The number of carbonyl (C=O) groups is 2. The standard InChI is InChI=1S/C17H17BrN2O2S/c1-20(12-14-8-9-15(18)23-14)17(22)11-19-16(21)10-7-13-5-3-2-4-6-13/h2-10H,11-12H2,1H3,(H,19,21)/b10-7+. The zero-order valence-electron chi connectivity index (χ0n) is 12.7. The highest BCUT2D eigenvalue weighted by molar-refractivity contribution is 9.11. The van der Waals surface area contributed by atoms with Gasteiger partial charge in [-0.3, -0.25) is 9.59 Å². The van der Waals surface area contributed by atoms with Gasteiger partial charge in [-0.2, -0.15) is 0 Å². The summed E-state index contributed by atoms with van der Waals surface area (Å²) in [7, 11) is 1.72. The number of hydrogen-bond acceptors (Lipinski definition) is 3. The lowest BCUT2D eigenvalue weighted by atomic mass is 10.2. The molecule has 2 amide bonds. The number of carbonyl (C=O) groups excluding carboxylic acids is 2. The van der Waals surface area contributed by atoms with Crippen LogP contribution in [0.2, 0.25) is 0 Å². The van der Waals surface area contributed by atoms with Crippen molar-refractivity contribution < 1.29 is 9.59 Å². The van der Waals surface area contributed by atoms with Crippen LogP contribution in [0.4, 0.5) is 0 Å². The second-order valence-electron chi connectivity index (χ2n) is 4.92. The van der Waals surface area contributed by atoms with Gasteiger partial charge in [0.15, 0.2) is 0 Å². The van der Waals surface area contributed by atoms with Gasteiger partial charge < -0.3 is 10.2 Å². The quantitative estimate of drug-likeness (QED) is 0.766. The Morgan fingerprint density at radius 2 is 1.96 bits per heavy atom. The Hall–Kier alpha value is -1.92. The number of nitrogens with zero attached hydrogens (tertiary/aromatic N) is 1. The summed E-state index contributed by atoms with van der Waals surface area (Å²) in [6, 6.07) is 13.5. The molecule has 120 valence electrons. The average Bonchev–Trinajstić information content (AvgIpc) is 2.96. The van der Waals surface area contributed by atoms with Crippen molar-refractivity contribution in [3.8, 4) is 0 Å². The van der Waals surface area contributed by atoms with E-state index >= 15 is 0 Å². The molecule has 0 spiro atoms. The van der Waals surface area contributed by atoms with Crippen molar-refractivity contribution in [1.82, 2.24) is 10.2 Å². The number of nitrogens with one attached hydrogen (secondary N) is 1. The van der Waals surface area contributed by atoms with Gasteiger partial charge in [0, 0.05) is 18.0 Å². The van der Waals surface area contributed by atoms with E-state index in [1.54, 1.807) is 29.4 Å². The molecule has 0 atom stereocenters. The Labute approximate surface area is 147 Å². The maximum atomic E-state index is 12.0. The Bertz CT molecular complexity index is 698. The van der Waals surface area contributed by atoms with Gasteiger partial charge in [0.05, 0.1) is 16.9 Å². The summed E-state index contributed by atoms with van der Waals surface area (Å²) in [4.78, 5) is 26.4. The topological polar surface area (TPSA) is 49.4 Å². The summed E-state index contributed by atoms with van der Waals surface area (Å²) in [5, 5.41) is 2.60. The Morgan fingerprint density at radius 3 is 2.61 bits per heavy atom. The van der Waals surface area contributed by atoms with E-state index in [1.807, 2.05) is 42.5 Å². The zero-order valence-corrected chi connectivity index (χ0v) is 15.1. The van der Waals surface area contributed by atoms with E-state index in [-0.39, 0.29) is 18.4 Å². The normalized spacial score (nSPS) is 10.7. The fraction of sp³-hybridized carbons (Fsp3) is 0.176. The van der Waals surface area contributed by atoms with Crippen LogP contribution in [0, 0.1) is 0 Å². The minimum absolute atomic E-state index is 0.0129. The molecule has 0 bridgehead atoms. The Kier molecular flexibility index (Phi) is 6.55. The highest BCUT2D eigenvalue weighted by atomic mass is 79.9. The van der Waals surface area contributed by atoms with Crippen molar-refractivity contribution in [1.29, 1.82) is 0 Å². The van der Waals surface area contributed by atoms with Crippen LogP contribution in [0.25, 0.3) is 6.08 Å². The largest absolute Gasteiger partial charge is 0.343 e. The van der Waals surface area contributed by atoms with Gasteiger partial charge in [-0.1, -0.05) is 30.3 Å². The van der Waals surface area contributed by atoms with E-state index < -0.39 is 0 Å². The predicted molar refractivity (Wildman–Crippen MR) is 97.0 cm³/mol. The minimum atomic E-state index is -0.283. The van der Waals surface area contributed by atoms with Gasteiger partial charge in [-0.15, -0.1) is 11.3 Å². The van der Waals surface area contributed by atoms with Gasteiger partial charge in [0.25, 0.3) is 0 Å². The molecular formula is C17H17BrN2O2S. The second kappa shape index (κ2) is 8.64. The summed E-state index contributed by atoms with van der Waals surface area (Å²) < 4.78 is 1.03. The summed E-state index contributed by atoms with van der Waals surface area (Å²) in [6.45, 7) is 0.520. The Morgan fingerprint density at radius 1 is 1.22 bits per heavy atom. The number of amides is 2. The fourth-order valence-corrected chi connectivity index (χ4v) is 3.39. The molecule has 23 heavy (non-hydrogen) atoms. The molecule has 1 N–H and O–H groups in total. The first-order valence-corrected chi connectivity index (χ1v) is 8.64. The van der Waals surface area contributed by atoms with Crippen LogP contribution >= 0.6 is 27.3 Å². The molecule has 0 aliphatic rings. The Balaban J connectivity index is 1.77. The van der Waals surface area contributed by atoms with E-state index in [0.717, 1.165) is 14.2 Å². The molecule has 2 aromatic rings. The maximum absolute atomic E-state index is 12.0. The molecule has 6 heteroatoms. The average molecular weight is 393 g/mol. The molecule has 2 rings (SSSR count). The molecule has 4 nitrogen and oxygen atoms in total. The van der Waals surface area contributed by atoms with Gasteiger partial charge in [-0.05, 0) is 39.7 Å². The van der Waals surface area contributed by atoms with Crippen molar-refractivity contribution in [2.45, 2.75) is 6.54 Å². The first kappa shape index (κ1) is 17.4. The van der Waals surface area contributed by atoms with Crippen molar-refractivity contribution in [2.24, 2.45) is 0 Å². The van der Waals surface area contributed by atoms with Crippen LogP contribution in [-0.4, -0.2) is 30.3 Å². The monoisotopic (exact) mass is 392 g/mol. The third-order valence-electron chi connectivity index (χ3n) is 3.09. The van der Waals surface area contributed by atoms with Gasteiger partial charge >= 0.3 is 0 Å². The van der Waals surface area contributed by atoms with Crippen molar-refractivity contribution >= 4 is 45.2 Å². The van der Waals surface area contributed by atoms with E-state index in [2.05, 4.69) is 21.2 Å². The summed E-state index contributed by atoms with van der Waals surface area (Å²) in [6.07, 6.45) is 3.14. The number of likely N-dealkylation sites (N-methyl/N-ethyl adjacent to an activating group) is 1. The summed E-state index contributed by atoms with van der Waals surface area (Å²) >= 11 is 4.98. The van der Waals surface area contributed by atoms with Gasteiger partial charge in [0.1, 0.15) is 0 Å². The number of halogens is 1. The smallest absolute Gasteiger partial charge is 0.244 e. The van der Waals surface area contributed by atoms with Crippen LogP contribution in [0.15, 0.2) is 52.3 Å². The lowest BCUT2D eigenvalue weighted by Gasteiger charge is -2.16. The van der Waals surface area contributed by atoms with Crippen LogP contribution in [0.1, 0.15) is 10.4 Å².